The number of H-pyrrole nitrogens is 2. The van der Waals surface area contributed by atoms with Gasteiger partial charge in [-0.25, -0.2) is 4.98 Å². The van der Waals surface area contributed by atoms with E-state index in [4.69, 9.17) is 9.47 Å². The summed E-state index contributed by atoms with van der Waals surface area (Å²) in [5.74, 6) is 0.254. The van der Waals surface area contributed by atoms with E-state index in [1.165, 1.54) is 0 Å². The average Bonchev–Trinajstić information content (AvgIpc) is 3.53. The van der Waals surface area contributed by atoms with Crippen LogP contribution in [0.3, 0.4) is 0 Å². The van der Waals surface area contributed by atoms with Crippen molar-refractivity contribution in [3.63, 3.8) is 0 Å². The number of aryl methyl sites for hydroxylation is 1. The summed E-state index contributed by atoms with van der Waals surface area (Å²) in [4.78, 5) is 48.6. The fraction of sp³-hybridized carbons (Fsp3) is 0.440. The minimum absolute atomic E-state index is 0.169. The van der Waals surface area contributed by atoms with E-state index in [1.807, 2.05) is 24.3 Å². The van der Waals surface area contributed by atoms with E-state index < -0.39 is 16.8 Å². The number of hydrogen-bond acceptors (Lipinski definition) is 7. The molecule has 34 heavy (non-hydrogen) atoms. The van der Waals surface area contributed by atoms with Crippen LogP contribution in [0.5, 0.6) is 5.75 Å². The number of rotatable bonds is 7. The van der Waals surface area contributed by atoms with Gasteiger partial charge in [0, 0.05) is 12.6 Å². The number of thioether (sulfide) groups is 1. The monoisotopic (exact) mass is 481 g/mol. The lowest BCUT2D eigenvalue weighted by atomic mass is 9.76. The zero-order valence-corrected chi connectivity index (χ0v) is 19.8. The Hall–Kier alpha value is -3.07. The maximum atomic E-state index is 13.3. The molecule has 2 aromatic heterocycles. The van der Waals surface area contributed by atoms with Crippen LogP contribution in [0.4, 0.5) is 0 Å². The van der Waals surface area contributed by atoms with E-state index >= 15 is 0 Å². The van der Waals surface area contributed by atoms with Gasteiger partial charge >= 0.3 is 5.97 Å². The van der Waals surface area contributed by atoms with Crippen LogP contribution < -0.4 is 10.3 Å². The Balaban J connectivity index is 1.35. The van der Waals surface area contributed by atoms with Gasteiger partial charge in [0.05, 0.1) is 12.5 Å². The predicted octanol–water partition coefficient (Wildman–Crippen LogP) is 3.80. The number of carbonyl (C=O) groups is 2. The fourth-order valence-corrected chi connectivity index (χ4v) is 6.07. The number of aromatic nitrogens is 3. The first-order valence-electron chi connectivity index (χ1n) is 11.6. The summed E-state index contributed by atoms with van der Waals surface area (Å²) in [5.41, 5.74) is 0.429. The Morgan fingerprint density at radius 1 is 1.15 bits per heavy atom. The Morgan fingerprint density at radius 3 is 2.62 bits per heavy atom. The van der Waals surface area contributed by atoms with E-state index in [2.05, 4.69) is 15.0 Å². The molecule has 5 rings (SSSR count). The van der Waals surface area contributed by atoms with Gasteiger partial charge in [0.15, 0.2) is 16.2 Å². The van der Waals surface area contributed by atoms with Crippen molar-refractivity contribution in [1.29, 1.82) is 0 Å². The minimum Gasteiger partial charge on any atom is -0.497 e. The first-order chi connectivity index (χ1) is 16.5. The Kier molecular flexibility index (Phi) is 6.20. The normalized spacial score (nSPS) is 23.4. The molecular weight excluding hydrogens is 454 g/mol. The Morgan fingerprint density at radius 2 is 1.91 bits per heavy atom. The number of ketones is 1. The molecule has 2 aliphatic rings. The molecule has 2 fully saturated rings. The maximum Gasteiger partial charge on any atom is 0.327 e. The van der Waals surface area contributed by atoms with Crippen LogP contribution in [0.1, 0.15) is 44.1 Å². The summed E-state index contributed by atoms with van der Waals surface area (Å²) in [6, 6.07) is 9.47. The molecule has 0 spiro atoms. The number of cyclic esters (lactones) is 1. The maximum absolute atomic E-state index is 13.3. The molecule has 0 radical (unpaired) electrons. The molecule has 1 aromatic carbocycles. The van der Waals surface area contributed by atoms with Gasteiger partial charge in [-0.3, -0.25) is 14.4 Å². The van der Waals surface area contributed by atoms with Crippen LogP contribution in [0.25, 0.3) is 11.0 Å². The van der Waals surface area contributed by atoms with Crippen molar-refractivity contribution in [3.8, 4) is 5.75 Å². The molecule has 1 saturated heterocycles. The summed E-state index contributed by atoms with van der Waals surface area (Å²) in [7, 11) is 1.63. The van der Waals surface area contributed by atoms with Crippen LogP contribution >= 0.6 is 11.8 Å². The highest BCUT2D eigenvalue weighted by molar-refractivity contribution is 8.01. The molecule has 1 saturated carbocycles. The van der Waals surface area contributed by atoms with Gasteiger partial charge in [-0.15, -0.1) is 0 Å². The van der Waals surface area contributed by atoms with Crippen LogP contribution in [-0.2, 0) is 20.7 Å². The first kappa shape index (κ1) is 22.7. The van der Waals surface area contributed by atoms with E-state index in [0.29, 0.717) is 23.9 Å². The topological polar surface area (TPSA) is 114 Å². The van der Waals surface area contributed by atoms with Crippen molar-refractivity contribution in [1.82, 2.24) is 15.0 Å². The van der Waals surface area contributed by atoms with Gasteiger partial charge in [0.25, 0.3) is 5.56 Å². The van der Waals surface area contributed by atoms with Crippen LogP contribution in [0.15, 0.2) is 46.5 Å². The zero-order chi connectivity index (χ0) is 23.7. The predicted molar refractivity (Wildman–Crippen MR) is 128 cm³/mol. The summed E-state index contributed by atoms with van der Waals surface area (Å²) in [6.07, 6.45) is 7.20. The van der Waals surface area contributed by atoms with Crippen LogP contribution in [-0.4, -0.2) is 44.7 Å². The van der Waals surface area contributed by atoms with Gasteiger partial charge < -0.3 is 19.4 Å². The number of nitrogens with one attached hydrogen (secondary N) is 2. The quantitative estimate of drug-likeness (QED) is 0.300. The van der Waals surface area contributed by atoms with Crippen molar-refractivity contribution in [2.24, 2.45) is 5.92 Å². The summed E-state index contributed by atoms with van der Waals surface area (Å²) < 4.78 is 11.4. The highest BCUT2D eigenvalue weighted by Gasteiger charge is 2.52. The number of fused-ring (bicyclic) bond motifs is 1. The highest BCUT2D eigenvalue weighted by Crippen LogP contribution is 2.45. The second kappa shape index (κ2) is 9.29. The van der Waals surface area contributed by atoms with Crippen LogP contribution in [0.2, 0.25) is 0 Å². The lowest BCUT2D eigenvalue weighted by Crippen LogP contribution is -2.53. The van der Waals surface area contributed by atoms with E-state index in [-0.39, 0.29) is 28.8 Å². The number of Topliss-reactive ketones (excluding diaryl/α,β-unsaturated/α-hetero) is 1. The van der Waals surface area contributed by atoms with Crippen molar-refractivity contribution in [2.75, 3.05) is 7.11 Å². The molecule has 1 aliphatic heterocycles. The zero-order valence-electron chi connectivity index (χ0n) is 19.0. The number of carbonyl (C=O) groups excluding carboxylic acids is 2. The smallest absolute Gasteiger partial charge is 0.327 e. The van der Waals surface area contributed by atoms with E-state index in [0.717, 1.165) is 48.8 Å². The van der Waals surface area contributed by atoms with Crippen molar-refractivity contribution in [3.05, 3.63) is 52.4 Å². The molecular formula is C25H27N3O5S. The number of hydrogen-bond donors (Lipinski definition) is 2. The van der Waals surface area contributed by atoms with Gasteiger partial charge in [0.1, 0.15) is 17.0 Å². The number of aromatic amines is 2. The van der Waals surface area contributed by atoms with Gasteiger partial charge in [-0.2, -0.15) is 0 Å². The third-order valence-corrected chi connectivity index (χ3v) is 8.12. The van der Waals surface area contributed by atoms with E-state index in [9.17, 15) is 14.4 Å². The molecule has 2 unspecified atom stereocenters. The molecule has 2 N–H and O–H groups in total. The number of esters is 1. The molecule has 0 bridgehead atoms. The summed E-state index contributed by atoms with van der Waals surface area (Å²) >= 11 is 0.950. The number of nitrogens with zero attached hydrogens (tertiary/aromatic N) is 1. The van der Waals surface area contributed by atoms with Gasteiger partial charge in [-0.05, 0) is 55.4 Å². The second-order valence-electron chi connectivity index (χ2n) is 9.07. The first-order valence-corrected chi connectivity index (χ1v) is 12.5. The SMILES string of the molecule is COc1ccc(CCC2(C3CCCC3)CC(=O)C(Sc3nc4[nH]ccc4c(=O)[nH]3)C(=O)O2)cc1. The molecule has 9 heteroatoms. The summed E-state index contributed by atoms with van der Waals surface area (Å²) in [5, 5.41) is -0.381. The van der Waals surface area contributed by atoms with Gasteiger partial charge in [-0.1, -0.05) is 36.7 Å². The molecule has 178 valence electrons. The molecule has 0 amide bonds. The molecule has 2 atom stereocenters. The Labute approximate surface area is 200 Å². The standard InChI is InChI=1S/C25H27N3O5S/c1-32-17-8-6-15(7-9-17)10-12-25(16-4-2-3-5-16)14-19(29)20(23(31)33-25)34-24-27-21-18(11-13-26-21)22(30)28-24/h6-9,11,13,16,20H,2-5,10,12,14H2,1H3,(H2,26,27,28,30). The second-order valence-corrected chi connectivity index (χ2v) is 10.2. The highest BCUT2D eigenvalue weighted by atomic mass is 32.2. The summed E-state index contributed by atoms with van der Waals surface area (Å²) in [6.45, 7) is 0. The number of methoxy groups -OCH3 is 1. The third-order valence-electron chi connectivity index (χ3n) is 7.01. The fourth-order valence-electron chi connectivity index (χ4n) is 5.19. The lowest BCUT2D eigenvalue weighted by Gasteiger charge is -2.42. The van der Waals surface area contributed by atoms with Gasteiger partial charge in [0.2, 0.25) is 0 Å². The largest absolute Gasteiger partial charge is 0.497 e. The molecule has 3 heterocycles. The Bertz CT molecular complexity index is 1240. The third kappa shape index (κ3) is 4.36. The van der Waals surface area contributed by atoms with Crippen LogP contribution in [0, 0.1) is 5.92 Å². The van der Waals surface area contributed by atoms with E-state index in [1.54, 1.807) is 19.4 Å². The minimum atomic E-state index is -1.04. The lowest BCUT2D eigenvalue weighted by molar-refractivity contribution is -0.177. The number of ether oxygens (including phenoxy) is 2. The molecule has 1 aliphatic carbocycles. The average molecular weight is 482 g/mol. The van der Waals surface area contributed by atoms with Crippen molar-refractivity contribution >= 4 is 34.5 Å². The van der Waals surface area contributed by atoms with Crippen molar-refractivity contribution in [2.45, 2.75) is 61.0 Å². The van der Waals surface area contributed by atoms with Crippen molar-refractivity contribution < 1.29 is 19.1 Å². The molecule has 8 nitrogen and oxygen atoms in total. The molecule has 3 aromatic rings. The number of benzene rings is 1.